The van der Waals surface area contributed by atoms with E-state index in [1.54, 1.807) is 25.3 Å². The second kappa shape index (κ2) is 7.68. The Hall–Kier alpha value is -3.04. The molecule has 2 aromatic carbocycles. The summed E-state index contributed by atoms with van der Waals surface area (Å²) in [6, 6.07) is 9.22. The number of carbonyl (C=O) groups is 1. The average Bonchev–Trinajstić information content (AvgIpc) is 2.98. The fourth-order valence-electron chi connectivity index (χ4n) is 2.78. The van der Waals surface area contributed by atoms with E-state index >= 15 is 0 Å². The zero-order valence-corrected chi connectivity index (χ0v) is 16.5. The molecule has 0 fully saturated rings. The Morgan fingerprint density at radius 1 is 1.19 bits per heavy atom. The lowest BCUT2D eigenvalue weighted by Crippen LogP contribution is -2.16. The minimum atomic E-state index is -0.406. The predicted molar refractivity (Wildman–Crippen MR) is 108 cm³/mol. The van der Waals surface area contributed by atoms with Crippen LogP contribution in [0.4, 0.5) is 0 Å². The van der Waals surface area contributed by atoms with Gasteiger partial charge >= 0.3 is 0 Å². The van der Waals surface area contributed by atoms with Crippen molar-refractivity contribution in [2.24, 2.45) is 4.99 Å². The molecule has 3 aromatic rings. The molecule has 1 amide bonds. The number of aryl methyl sites for hydroxylation is 2. The molecule has 1 aromatic heterocycles. The second-order valence-electron chi connectivity index (χ2n) is 6.06. The Kier molecular flexibility index (Phi) is 5.33. The van der Waals surface area contributed by atoms with Crippen LogP contribution in [0.5, 0.6) is 11.5 Å². The normalized spacial score (nSPS) is 11.4. The molecule has 0 spiro atoms. The number of aromatic nitrogens is 1. The number of terminal acetylenes is 1. The molecule has 0 saturated carbocycles. The van der Waals surface area contributed by atoms with E-state index in [-0.39, 0.29) is 0 Å². The van der Waals surface area contributed by atoms with Crippen LogP contribution in [0.1, 0.15) is 21.5 Å². The van der Waals surface area contributed by atoms with Gasteiger partial charge in [0.15, 0.2) is 4.80 Å². The quantitative estimate of drug-likeness (QED) is 0.649. The third kappa shape index (κ3) is 3.60. The molecule has 138 valence electrons. The van der Waals surface area contributed by atoms with E-state index in [2.05, 4.69) is 36.9 Å². The molecule has 0 unspecified atom stereocenters. The summed E-state index contributed by atoms with van der Waals surface area (Å²) in [5.74, 6) is 3.25. The van der Waals surface area contributed by atoms with E-state index in [9.17, 15) is 4.79 Å². The van der Waals surface area contributed by atoms with Crippen molar-refractivity contribution in [3.05, 3.63) is 51.8 Å². The molecular formula is C21H20N2O3S. The van der Waals surface area contributed by atoms with E-state index in [1.807, 2.05) is 4.57 Å². The monoisotopic (exact) mass is 380 g/mol. The Morgan fingerprint density at radius 2 is 1.93 bits per heavy atom. The lowest BCUT2D eigenvalue weighted by molar-refractivity contribution is 0.0994. The predicted octanol–water partition coefficient (Wildman–Crippen LogP) is 3.71. The fourth-order valence-corrected chi connectivity index (χ4v) is 3.89. The molecule has 6 heteroatoms. The van der Waals surface area contributed by atoms with Gasteiger partial charge in [0.1, 0.15) is 11.5 Å². The molecule has 5 nitrogen and oxygen atoms in total. The van der Waals surface area contributed by atoms with Crippen LogP contribution in [0.25, 0.3) is 10.2 Å². The van der Waals surface area contributed by atoms with E-state index in [4.69, 9.17) is 15.9 Å². The smallest absolute Gasteiger partial charge is 0.283 e. The molecular weight excluding hydrogens is 360 g/mol. The summed E-state index contributed by atoms with van der Waals surface area (Å²) >= 11 is 1.44. The number of ether oxygens (including phenoxy) is 2. The van der Waals surface area contributed by atoms with Crippen LogP contribution in [0, 0.1) is 26.2 Å². The number of benzene rings is 2. The van der Waals surface area contributed by atoms with Gasteiger partial charge < -0.3 is 14.0 Å². The summed E-state index contributed by atoms with van der Waals surface area (Å²) in [5.41, 5.74) is 3.67. The highest BCUT2D eigenvalue weighted by Gasteiger charge is 2.15. The SMILES string of the molecule is C#CCn1c(=NC(=O)c2cc(OC)ccc2OC)sc2cc(C)c(C)cc21. The second-order valence-corrected chi connectivity index (χ2v) is 7.07. The van der Waals surface area contributed by atoms with Gasteiger partial charge in [0.2, 0.25) is 0 Å². The number of nitrogens with zero attached hydrogens (tertiary/aromatic N) is 2. The minimum absolute atomic E-state index is 0.337. The van der Waals surface area contributed by atoms with Gasteiger partial charge in [0.25, 0.3) is 5.91 Å². The standard InChI is InChI=1S/C21H20N2O3S/c1-6-9-23-17-10-13(2)14(3)11-19(17)27-21(23)22-20(24)16-12-15(25-4)7-8-18(16)26-5/h1,7-8,10-12H,9H2,2-5H3. The van der Waals surface area contributed by atoms with Gasteiger partial charge in [-0.1, -0.05) is 17.3 Å². The van der Waals surface area contributed by atoms with E-state index < -0.39 is 5.91 Å². The maximum absolute atomic E-state index is 12.9. The summed E-state index contributed by atoms with van der Waals surface area (Å²) in [6.07, 6.45) is 5.54. The Balaban J connectivity index is 2.20. The van der Waals surface area contributed by atoms with Gasteiger partial charge in [0, 0.05) is 0 Å². The Labute approximate surface area is 161 Å². The molecule has 0 atom stereocenters. The number of methoxy groups -OCH3 is 2. The van der Waals surface area contributed by atoms with Crippen molar-refractivity contribution < 1.29 is 14.3 Å². The van der Waals surface area contributed by atoms with Gasteiger partial charge in [-0.2, -0.15) is 4.99 Å². The fraction of sp³-hybridized carbons (Fsp3) is 0.238. The number of hydrogen-bond acceptors (Lipinski definition) is 4. The molecule has 0 radical (unpaired) electrons. The van der Waals surface area contributed by atoms with Crippen LogP contribution >= 0.6 is 11.3 Å². The zero-order valence-electron chi connectivity index (χ0n) is 15.7. The molecule has 0 bridgehead atoms. The molecule has 27 heavy (non-hydrogen) atoms. The first-order valence-electron chi connectivity index (χ1n) is 8.33. The summed E-state index contributed by atoms with van der Waals surface area (Å²) in [5, 5.41) is 0. The van der Waals surface area contributed by atoms with Crippen LogP contribution < -0.4 is 14.3 Å². The van der Waals surface area contributed by atoms with Crippen LogP contribution in [0.2, 0.25) is 0 Å². The van der Waals surface area contributed by atoms with E-state index in [0.717, 1.165) is 10.2 Å². The van der Waals surface area contributed by atoms with Crippen molar-refractivity contribution >= 4 is 27.5 Å². The van der Waals surface area contributed by atoms with Gasteiger partial charge in [-0.05, 0) is 55.3 Å². The van der Waals surface area contributed by atoms with Crippen LogP contribution in [-0.2, 0) is 6.54 Å². The highest BCUT2D eigenvalue weighted by Crippen LogP contribution is 2.25. The molecule has 0 N–H and O–H groups in total. The first-order valence-corrected chi connectivity index (χ1v) is 9.15. The molecule has 3 rings (SSSR count). The van der Waals surface area contributed by atoms with Crippen LogP contribution in [0.3, 0.4) is 0 Å². The van der Waals surface area contributed by atoms with Crippen molar-refractivity contribution in [1.82, 2.24) is 4.57 Å². The third-order valence-electron chi connectivity index (χ3n) is 4.38. The van der Waals surface area contributed by atoms with Gasteiger partial charge in [0.05, 0.1) is 36.5 Å². The maximum atomic E-state index is 12.9. The largest absolute Gasteiger partial charge is 0.497 e. The van der Waals surface area contributed by atoms with Crippen molar-refractivity contribution in [2.45, 2.75) is 20.4 Å². The van der Waals surface area contributed by atoms with Crippen molar-refractivity contribution in [3.63, 3.8) is 0 Å². The number of amides is 1. The molecule has 0 aliphatic rings. The van der Waals surface area contributed by atoms with Crippen LogP contribution in [-0.4, -0.2) is 24.7 Å². The zero-order chi connectivity index (χ0) is 19.6. The van der Waals surface area contributed by atoms with Gasteiger partial charge in [-0.25, -0.2) is 0 Å². The van der Waals surface area contributed by atoms with Crippen molar-refractivity contribution in [1.29, 1.82) is 0 Å². The Bertz CT molecular complexity index is 1130. The number of carbonyl (C=O) groups excluding carboxylic acids is 1. The van der Waals surface area contributed by atoms with E-state index in [1.165, 1.54) is 29.6 Å². The topological polar surface area (TPSA) is 52.8 Å². The Morgan fingerprint density at radius 3 is 2.59 bits per heavy atom. The lowest BCUT2D eigenvalue weighted by atomic mass is 10.1. The molecule has 0 aliphatic carbocycles. The molecule has 0 saturated heterocycles. The summed E-state index contributed by atoms with van der Waals surface area (Å²) < 4.78 is 13.4. The van der Waals surface area contributed by atoms with Gasteiger partial charge in [-0.3, -0.25) is 4.79 Å². The molecule has 1 heterocycles. The summed E-state index contributed by atoms with van der Waals surface area (Å²) in [4.78, 5) is 17.8. The molecule has 0 aliphatic heterocycles. The van der Waals surface area contributed by atoms with E-state index in [0.29, 0.717) is 28.4 Å². The van der Waals surface area contributed by atoms with Crippen molar-refractivity contribution in [2.75, 3.05) is 14.2 Å². The highest BCUT2D eigenvalue weighted by molar-refractivity contribution is 7.16. The highest BCUT2D eigenvalue weighted by atomic mass is 32.1. The van der Waals surface area contributed by atoms with Gasteiger partial charge in [-0.15, -0.1) is 6.42 Å². The summed E-state index contributed by atoms with van der Waals surface area (Å²) in [6.45, 7) is 4.45. The first-order chi connectivity index (χ1) is 13.0. The third-order valence-corrected chi connectivity index (χ3v) is 5.42. The summed E-state index contributed by atoms with van der Waals surface area (Å²) in [7, 11) is 3.06. The minimum Gasteiger partial charge on any atom is -0.497 e. The number of fused-ring (bicyclic) bond motifs is 1. The number of rotatable bonds is 4. The lowest BCUT2D eigenvalue weighted by Gasteiger charge is -2.07. The number of hydrogen-bond donors (Lipinski definition) is 0. The number of thiazole rings is 1. The van der Waals surface area contributed by atoms with Crippen molar-refractivity contribution in [3.8, 4) is 23.8 Å². The van der Waals surface area contributed by atoms with Crippen LogP contribution in [0.15, 0.2) is 35.3 Å². The average molecular weight is 380 g/mol. The maximum Gasteiger partial charge on any atom is 0.283 e. The first kappa shape index (κ1) is 18.7.